The second kappa shape index (κ2) is 9.89. The maximum atomic E-state index is 12.0. The molecule has 0 spiro atoms. The van der Waals surface area contributed by atoms with Crippen molar-refractivity contribution in [2.45, 2.75) is 20.3 Å². The number of benzene rings is 2. The molecular weight excluding hydrogens is 426 g/mol. The van der Waals surface area contributed by atoms with Crippen LogP contribution in [0.1, 0.15) is 23.1 Å². The van der Waals surface area contributed by atoms with Gasteiger partial charge in [0, 0.05) is 15.7 Å². The van der Waals surface area contributed by atoms with Gasteiger partial charge in [-0.15, -0.1) is 0 Å². The fourth-order valence-corrected chi connectivity index (χ4v) is 2.90. The first-order valence-electron chi connectivity index (χ1n) is 8.44. The molecule has 148 valence electrons. The zero-order chi connectivity index (χ0) is 20.7. The Balaban J connectivity index is 1.94. The summed E-state index contributed by atoms with van der Waals surface area (Å²) in [6, 6.07) is 9.12. The molecule has 0 bridgehead atoms. The van der Waals surface area contributed by atoms with Gasteiger partial charge in [-0.25, -0.2) is 5.43 Å². The molecule has 7 nitrogen and oxygen atoms in total. The zero-order valence-electron chi connectivity index (χ0n) is 16.1. The van der Waals surface area contributed by atoms with Crippen LogP contribution in [0.4, 0.5) is 5.69 Å². The summed E-state index contributed by atoms with van der Waals surface area (Å²) >= 11 is 3.40. The van der Waals surface area contributed by atoms with E-state index in [0.29, 0.717) is 22.7 Å². The van der Waals surface area contributed by atoms with Crippen LogP contribution in [-0.4, -0.2) is 32.2 Å². The lowest BCUT2D eigenvalue weighted by atomic mass is 10.1. The molecule has 0 saturated carbocycles. The number of methoxy groups -OCH3 is 2. The highest BCUT2D eigenvalue weighted by atomic mass is 79.9. The predicted octanol–water partition coefficient (Wildman–Crippen LogP) is 3.56. The van der Waals surface area contributed by atoms with Crippen molar-refractivity contribution >= 4 is 39.6 Å². The van der Waals surface area contributed by atoms with Gasteiger partial charge in [0.1, 0.15) is 6.42 Å². The fourth-order valence-electron chi connectivity index (χ4n) is 2.48. The van der Waals surface area contributed by atoms with Crippen LogP contribution in [0.25, 0.3) is 0 Å². The highest BCUT2D eigenvalue weighted by Gasteiger charge is 2.11. The Morgan fingerprint density at radius 2 is 1.75 bits per heavy atom. The smallest absolute Gasteiger partial charge is 0.249 e. The summed E-state index contributed by atoms with van der Waals surface area (Å²) in [4.78, 5) is 24.0. The molecule has 0 aromatic heterocycles. The van der Waals surface area contributed by atoms with E-state index in [1.165, 1.54) is 13.3 Å². The third-order valence-corrected chi connectivity index (χ3v) is 4.56. The normalized spacial score (nSPS) is 10.6. The van der Waals surface area contributed by atoms with Gasteiger partial charge in [-0.3, -0.25) is 9.59 Å². The molecule has 0 radical (unpaired) electrons. The van der Waals surface area contributed by atoms with Crippen molar-refractivity contribution < 1.29 is 19.1 Å². The highest BCUT2D eigenvalue weighted by molar-refractivity contribution is 9.10. The second-order valence-corrected chi connectivity index (χ2v) is 6.92. The van der Waals surface area contributed by atoms with Gasteiger partial charge >= 0.3 is 0 Å². The first-order valence-corrected chi connectivity index (χ1v) is 9.24. The van der Waals surface area contributed by atoms with Crippen molar-refractivity contribution in [1.29, 1.82) is 0 Å². The van der Waals surface area contributed by atoms with Gasteiger partial charge in [0.05, 0.1) is 20.4 Å². The SMILES string of the molecule is COc1cc(Br)c(C=NNC(=O)CC(=O)Nc2ccc(C)cc2C)cc1OC. The molecule has 0 atom stereocenters. The minimum Gasteiger partial charge on any atom is -0.493 e. The van der Waals surface area contributed by atoms with Crippen molar-refractivity contribution in [3.05, 3.63) is 51.5 Å². The molecule has 0 heterocycles. The Hall–Kier alpha value is -2.87. The maximum Gasteiger partial charge on any atom is 0.249 e. The second-order valence-electron chi connectivity index (χ2n) is 6.07. The van der Waals surface area contributed by atoms with Gasteiger partial charge < -0.3 is 14.8 Å². The van der Waals surface area contributed by atoms with Crippen LogP contribution in [0, 0.1) is 13.8 Å². The summed E-state index contributed by atoms with van der Waals surface area (Å²) in [7, 11) is 3.07. The Morgan fingerprint density at radius 3 is 2.39 bits per heavy atom. The number of nitrogens with one attached hydrogen (secondary N) is 2. The van der Waals surface area contributed by atoms with Gasteiger partial charge in [0.25, 0.3) is 0 Å². The summed E-state index contributed by atoms with van der Waals surface area (Å²) in [5, 5.41) is 6.62. The Kier molecular flexibility index (Phi) is 7.57. The predicted molar refractivity (Wildman–Crippen MR) is 112 cm³/mol. The van der Waals surface area contributed by atoms with Crippen LogP contribution in [0.15, 0.2) is 39.9 Å². The molecule has 0 saturated heterocycles. The molecule has 2 rings (SSSR count). The highest BCUT2D eigenvalue weighted by Crippen LogP contribution is 2.32. The molecule has 0 fully saturated rings. The summed E-state index contributed by atoms with van der Waals surface area (Å²) in [5.74, 6) is 0.173. The summed E-state index contributed by atoms with van der Waals surface area (Å²) < 4.78 is 11.2. The minimum atomic E-state index is -0.518. The van der Waals surface area contributed by atoms with Crippen LogP contribution >= 0.6 is 15.9 Å². The van der Waals surface area contributed by atoms with Crippen LogP contribution < -0.4 is 20.2 Å². The summed E-state index contributed by atoms with van der Waals surface area (Å²) in [6.45, 7) is 3.87. The number of carbonyl (C=O) groups is 2. The molecule has 8 heteroatoms. The van der Waals surface area contributed by atoms with E-state index in [-0.39, 0.29) is 6.42 Å². The molecule has 2 aromatic rings. The van der Waals surface area contributed by atoms with Crippen molar-refractivity contribution in [1.82, 2.24) is 5.43 Å². The third kappa shape index (κ3) is 5.82. The molecule has 2 amide bonds. The van der Waals surface area contributed by atoms with Crippen molar-refractivity contribution in [2.24, 2.45) is 5.10 Å². The van der Waals surface area contributed by atoms with E-state index in [2.05, 4.69) is 31.8 Å². The maximum absolute atomic E-state index is 12.0. The van der Waals surface area contributed by atoms with Gasteiger partial charge in [0.15, 0.2) is 11.5 Å². The summed E-state index contributed by atoms with van der Waals surface area (Å²) in [5.41, 5.74) is 5.74. The largest absolute Gasteiger partial charge is 0.493 e. The number of halogens is 1. The standard InChI is InChI=1S/C20H22BrN3O4/c1-12-5-6-16(13(2)7-12)23-19(25)10-20(26)24-22-11-14-8-17(27-3)18(28-4)9-15(14)21/h5-9,11H,10H2,1-4H3,(H,23,25)(H,24,26). The lowest BCUT2D eigenvalue weighted by Crippen LogP contribution is -2.24. The first-order chi connectivity index (χ1) is 13.3. The van der Waals surface area contributed by atoms with Gasteiger partial charge in [-0.1, -0.05) is 17.7 Å². The third-order valence-electron chi connectivity index (χ3n) is 3.87. The van der Waals surface area contributed by atoms with Gasteiger partial charge in [-0.05, 0) is 53.5 Å². The Bertz CT molecular complexity index is 913. The van der Waals surface area contributed by atoms with Crippen LogP contribution in [-0.2, 0) is 9.59 Å². The lowest BCUT2D eigenvalue weighted by molar-refractivity contribution is -0.126. The van der Waals surface area contributed by atoms with Crippen LogP contribution in [0.3, 0.4) is 0 Å². The minimum absolute atomic E-state index is 0.336. The number of nitrogens with zero attached hydrogens (tertiary/aromatic N) is 1. The number of hydrazone groups is 1. The van der Waals surface area contributed by atoms with Gasteiger partial charge in [-0.2, -0.15) is 5.10 Å². The Labute approximate surface area is 172 Å². The molecule has 0 aliphatic carbocycles. The zero-order valence-corrected chi connectivity index (χ0v) is 17.7. The molecule has 2 aromatic carbocycles. The average Bonchev–Trinajstić information content (AvgIpc) is 2.64. The van der Waals surface area contributed by atoms with Crippen LogP contribution in [0.5, 0.6) is 11.5 Å². The van der Waals surface area contributed by atoms with E-state index >= 15 is 0 Å². The number of aryl methyl sites for hydroxylation is 2. The number of amides is 2. The van der Waals surface area contributed by atoms with E-state index in [9.17, 15) is 9.59 Å². The van der Waals surface area contributed by atoms with Gasteiger partial charge in [0.2, 0.25) is 11.8 Å². The van der Waals surface area contributed by atoms with E-state index in [1.54, 1.807) is 19.2 Å². The molecular formula is C20H22BrN3O4. The topological polar surface area (TPSA) is 89.0 Å². The molecule has 28 heavy (non-hydrogen) atoms. The first kappa shape index (κ1) is 21.4. The number of ether oxygens (including phenoxy) is 2. The monoisotopic (exact) mass is 447 g/mol. The fraction of sp³-hybridized carbons (Fsp3) is 0.250. The molecule has 0 aliphatic heterocycles. The number of hydrogen-bond donors (Lipinski definition) is 2. The lowest BCUT2D eigenvalue weighted by Gasteiger charge is -2.09. The van der Waals surface area contributed by atoms with Crippen molar-refractivity contribution in [3.63, 3.8) is 0 Å². The van der Waals surface area contributed by atoms with E-state index in [1.807, 2.05) is 32.0 Å². The number of hydrogen-bond acceptors (Lipinski definition) is 5. The van der Waals surface area contributed by atoms with Crippen molar-refractivity contribution in [2.75, 3.05) is 19.5 Å². The molecule has 0 unspecified atom stereocenters. The Morgan fingerprint density at radius 1 is 1.07 bits per heavy atom. The van der Waals surface area contributed by atoms with E-state index in [4.69, 9.17) is 9.47 Å². The molecule has 0 aliphatic rings. The number of carbonyl (C=O) groups excluding carboxylic acids is 2. The van der Waals surface area contributed by atoms with Crippen molar-refractivity contribution in [3.8, 4) is 11.5 Å². The number of anilines is 1. The average molecular weight is 448 g/mol. The van der Waals surface area contributed by atoms with E-state index < -0.39 is 11.8 Å². The quantitative estimate of drug-likeness (QED) is 0.385. The molecule has 2 N–H and O–H groups in total. The summed E-state index contributed by atoms with van der Waals surface area (Å²) in [6.07, 6.45) is 1.11. The number of rotatable bonds is 7. The van der Waals surface area contributed by atoms with Crippen LogP contribution in [0.2, 0.25) is 0 Å². The van der Waals surface area contributed by atoms with E-state index in [0.717, 1.165) is 15.6 Å².